The summed E-state index contributed by atoms with van der Waals surface area (Å²) in [4.78, 5) is 4.02. The number of azo groups is 1. The molecule has 0 spiro atoms. The third-order valence-electron chi connectivity index (χ3n) is 0.744. The van der Waals surface area contributed by atoms with Gasteiger partial charge in [0.05, 0.1) is 6.54 Å². The molecule has 0 heterocycles. The first-order valence-electron chi connectivity index (χ1n) is 3.19. The molecule has 0 atom stereocenters. The maximum Gasteiger partial charge on any atom is 0.142 e. The molecule has 0 aromatic heterocycles. The summed E-state index contributed by atoms with van der Waals surface area (Å²) in [5.41, 5.74) is 0. The highest BCUT2D eigenvalue weighted by Gasteiger charge is 1.79. The van der Waals surface area contributed by atoms with Crippen molar-refractivity contribution < 1.29 is 0 Å². The van der Waals surface area contributed by atoms with E-state index >= 15 is 0 Å². The van der Waals surface area contributed by atoms with Gasteiger partial charge in [-0.1, -0.05) is 0 Å². The van der Waals surface area contributed by atoms with Crippen LogP contribution in [-0.4, -0.2) is 18.9 Å². The van der Waals surface area contributed by atoms with Crippen LogP contribution in [0.4, 0.5) is 0 Å². The minimum Gasteiger partial charge on any atom is -0.270 e. The van der Waals surface area contributed by atoms with Crippen LogP contribution in [0.1, 0.15) is 20.8 Å². The quantitative estimate of drug-likeness (QED) is 0.308. The van der Waals surface area contributed by atoms with E-state index in [1.54, 1.807) is 0 Å². The molecule has 3 heteroatoms. The van der Waals surface area contributed by atoms with Crippen LogP contribution in [0.25, 0.3) is 0 Å². The van der Waals surface area contributed by atoms with Crippen molar-refractivity contribution in [3.8, 4) is 0 Å². The van der Waals surface area contributed by atoms with Gasteiger partial charge in [0.15, 0.2) is 0 Å². The smallest absolute Gasteiger partial charge is 0.142 e. The first-order chi connectivity index (χ1) is 4.31. The van der Waals surface area contributed by atoms with Gasteiger partial charge in [-0.15, -0.1) is 5.11 Å². The molecule has 0 rings (SSSR count). The molecular weight excluding hydrogens is 114 g/mol. The van der Waals surface area contributed by atoms with Gasteiger partial charge in [0.2, 0.25) is 0 Å². The molecule has 9 heavy (non-hydrogen) atoms. The van der Waals surface area contributed by atoms with E-state index < -0.39 is 0 Å². The lowest BCUT2D eigenvalue weighted by Gasteiger charge is -1.85. The van der Waals surface area contributed by atoms with Crippen LogP contribution in [0.5, 0.6) is 0 Å². The van der Waals surface area contributed by atoms with E-state index in [0.29, 0.717) is 0 Å². The Morgan fingerprint density at radius 3 is 2.33 bits per heavy atom. The fraction of sp³-hybridized carbons (Fsp3) is 0.833. The molecule has 0 fully saturated rings. The van der Waals surface area contributed by atoms with E-state index in [4.69, 9.17) is 0 Å². The summed E-state index contributed by atoms with van der Waals surface area (Å²) in [5, 5.41) is 7.59. The molecule has 0 saturated heterocycles. The van der Waals surface area contributed by atoms with E-state index in [0.717, 1.165) is 18.9 Å². The zero-order valence-corrected chi connectivity index (χ0v) is 6.26. The molecule has 52 valence electrons. The van der Waals surface area contributed by atoms with Gasteiger partial charge >= 0.3 is 0 Å². The van der Waals surface area contributed by atoms with E-state index in [1.807, 2.05) is 20.8 Å². The number of rotatable bonds is 2. The van der Waals surface area contributed by atoms with Crippen molar-refractivity contribution in [3.05, 3.63) is 0 Å². The Kier molecular flexibility index (Phi) is 4.97. The molecule has 0 aliphatic rings. The Morgan fingerprint density at radius 1 is 1.22 bits per heavy atom. The zero-order chi connectivity index (χ0) is 7.11. The van der Waals surface area contributed by atoms with E-state index in [9.17, 15) is 0 Å². The predicted molar refractivity (Wildman–Crippen MR) is 39.0 cm³/mol. The number of hydrogen-bond acceptors (Lipinski definition) is 2. The minimum atomic E-state index is 0.733. The number of aliphatic imine (C=N–C) groups is 1. The second-order valence-electron chi connectivity index (χ2n) is 1.58. The molecule has 0 radical (unpaired) electrons. The Balaban J connectivity index is 3.60. The van der Waals surface area contributed by atoms with Crippen molar-refractivity contribution in [3.63, 3.8) is 0 Å². The summed E-state index contributed by atoms with van der Waals surface area (Å²) in [6, 6.07) is 0. The van der Waals surface area contributed by atoms with Gasteiger partial charge in [0.25, 0.3) is 0 Å². The van der Waals surface area contributed by atoms with Crippen LogP contribution < -0.4 is 0 Å². The fourth-order valence-corrected chi connectivity index (χ4v) is 0.433. The molecule has 0 aromatic carbocycles. The summed E-state index contributed by atoms with van der Waals surface area (Å²) in [7, 11) is 0. The molecular formula is C6H13N3. The Hall–Kier alpha value is -0.730. The topological polar surface area (TPSA) is 37.1 Å². The molecule has 3 nitrogen and oxygen atoms in total. The van der Waals surface area contributed by atoms with Crippen molar-refractivity contribution >= 4 is 5.84 Å². The average Bonchev–Trinajstić information content (AvgIpc) is 1.85. The standard InChI is InChI=1S/C6H13N3/c1-4-7-6(3)9-8-5-2/h4-5H2,1-3H3/b7-6-,9-8-. The van der Waals surface area contributed by atoms with Crippen molar-refractivity contribution in [1.29, 1.82) is 0 Å². The highest BCUT2D eigenvalue weighted by Crippen LogP contribution is 1.81. The summed E-state index contributed by atoms with van der Waals surface area (Å²) in [6.07, 6.45) is 0. The van der Waals surface area contributed by atoms with Crippen molar-refractivity contribution in [2.24, 2.45) is 15.2 Å². The first kappa shape index (κ1) is 8.27. The Bertz CT molecular complexity index is 115. The maximum atomic E-state index is 4.02. The third kappa shape index (κ3) is 5.14. The summed E-state index contributed by atoms with van der Waals surface area (Å²) < 4.78 is 0. The van der Waals surface area contributed by atoms with Gasteiger partial charge in [-0.2, -0.15) is 5.11 Å². The highest BCUT2D eigenvalue weighted by molar-refractivity contribution is 5.79. The van der Waals surface area contributed by atoms with Crippen LogP contribution in [0.15, 0.2) is 15.2 Å². The molecule has 0 bridgehead atoms. The van der Waals surface area contributed by atoms with Gasteiger partial charge in [-0.05, 0) is 20.8 Å². The second kappa shape index (κ2) is 5.41. The molecule has 0 aliphatic heterocycles. The lowest BCUT2D eigenvalue weighted by molar-refractivity contribution is 1.00. The molecule has 0 aromatic rings. The Morgan fingerprint density at radius 2 is 1.89 bits per heavy atom. The second-order valence-corrected chi connectivity index (χ2v) is 1.58. The molecule has 0 aliphatic carbocycles. The number of nitrogens with zero attached hydrogens (tertiary/aromatic N) is 3. The molecule has 0 unspecified atom stereocenters. The van der Waals surface area contributed by atoms with Crippen molar-refractivity contribution in [2.75, 3.05) is 13.1 Å². The fourth-order valence-electron chi connectivity index (χ4n) is 0.433. The van der Waals surface area contributed by atoms with Gasteiger partial charge in [-0.25, -0.2) is 0 Å². The van der Waals surface area contributed by atoms with Crippen molar-refractivity contribution in [2.45, 2.75) is 20.8 Å². The van der Waals surface area contributed by atoms with Crippen LogP contribution in [0, 0.1) is 0 Å². The highest BCUT2D eigenvalue weighted by atomic mass is 15.1. The molecule has 0 amide bonds. The number of hydrogen-bond donors (Lipinski definition) is 0. The molecule has 0 N–H and O–H groups in total. The maximum absolute atomic E-state index is 4.02. The van der Waals surface area contributed by atoms with E-state index in [-0.39, 0.29) is 0 Å². The van der Waals surface area contributed by atoms with Gasteiger partial charge in [-0.3, -0.25) is 4.99 Å². The number of amidine groups is 1. The normalized spacial score (nSPS) is 13.0. The zero-order valence-electron chi connectivity index (χ0n) is 6.26. The summed E-state index contributed by atoms with van der Waals surface area (Å²) in [6.45, 7) is 7.29. The predicted octanol–water partition coefficient (Wildman–Crippen LogP) is 1.90. The van der Waals surface area contributed by atoms with E-state index in [1.165, 1.54) is 0 Å². The van der Waals surface area contributed by atoms with Gasteiger partial charge in [0.1, 0.15) is 5.84 Å². The first-order valence-corrected chi connectivity index (χ1v) is 3.19. The molecule has 0 saturated carbocycles. The summed E-state index contributed by atoms with van der Waals surface area (Å²) >= 11 is 0. The Labute approximate surface area is 55.9 Å². The van der Waals surface area contributed by atoms with Crippen molar-refractivity contribution in [1.82, 2.24) is 0 Å². The van der Waals surface area contributed by atoms with Crippen LogP contribution >= 0.6 is 0 Å². The SMILES string of the molecule is CC/N=N\C(C)=N/CC. The summed E-state index contributed by atoms with van der Waals surface area (Å²) in [5.74, 6) is 0.763. The third-order valence-corrected chi connectivity index (χ3v) is 0.744. The lowest BCUT2D eigenvalue weighted by Crippen LogP contribution is -1.84. The van der Waals surface area contributed by atoms with Crippen LogP contribution in [0.3, 0.4) is 0 Å². The van der Waals surface area contributed by atoms with Gasteiger partial charge < -0.3 is 0 Å². The monoisotopic (exact) mass is 127 g/mol. The van der Waals surface area contributed by atoms with E-state index in [2.05, 4.69) is 15.2 Å². The minimum absolute atomic E-state index is 0.733. The van der Waals surface area contributed by atoms with Crippen LogP contribution in [-0.2, 0) is 0 Å². The average molecular weight is 127 g/mol. The largest absolute Gasteiger partial charge is 0.270 e. The van der Waals surface area contributed by atoms with Crippen LogP contribution in [0.2, 0.25) is 0 Å². The van der Waals surface area contributed by atoms with Gasteiger partial charge in [0, 0.05) is 6.54 Å². The lowest BCUT2D eigenvalue weighted by atomic mass is 10.7.